The van der Waals surface area contributed by atoms with Crippen LogP contribution in [0.25, 0.3) is 0 Å². The van der Waals surface area contributed by atoms with Crippen LogP contribution in [0.4, 0.5) is 0 Å². The molecule has 1 aromatic carbocycles. The van der Waals surface area contributed by atoms with Gasteiger partial charge < -0.3 is 10.2 Å². The monoisotopic (exact) mass is 290 g/mol. The molecule has 0 amide bonds. The lowest BCUT2D eigenvalue weighted by Crippen LogP contribution is -2.01. The number of aromatic hydroxyl groups is 2. The Hall–Kier alpha value is -0.600. The van der Waals surface area contributed by atoms with Crippen LogP contribution in [0.2, 0.25) is 10.0 Å². The standard InChI is InChI=1S/C14H20Cl2O2/c1-7(2)5-9-11(15)12(16)10(6-8(3)4)14(18)13(9)17/h7-8,17-18H,5-6H2,1-4H3. The van der Waals surface area contributed by atoms with Gasteiger partial charge in [0.2, 0.25) is 0 Å². The predicted molar refractivity (Wildman–Crippen MR) is 76.9 cm³/mol. The van der Waals surface area contributed by atoms with Crippen LogP contribution in [0.5, 0.6) is 11.5 Å². The van der Waals surface area contributed by atoms with E-state index in [9.17, 15) is 10.2 Å². The quantitative estimate of drug-likeness (QED) is 0.782. The summed E-state index contributed by atoms with van der Waals surface area (Å²) in [4.78, 5) is 0. The minimum atomic E-state index is -0.131. The second-order valence-electron chi connectivity index (χ2n) is 5.48. The maximum atomic E-state index is 10.1. The number of benzene rings is 1. The Labute approximate surface area is 119 Å². The van der Waals surface area contributed by atoms with Crippen molar-refractivity contribution in [3.8, 4) is 11.5 Å². The molecular formula is C14H20Cl2O2. The molecule has 0 spiro atoms. The van der Waals surface area contributed by atoms with Crippen molar-refractivity contribution >= 4 is 23.2 Å². The molecule has 0 aromatic heterocycles. The summed E-state index contributed by atoms with van der Waals surface area (Å²) in [6.45, 7) is 8.07. The summed E-state index contributed by atoms with van der Waals surface area (Å²) in [5, 5.41) is 20.8. The first-order chi connectivity index (χ1) is 8.25. The third-order valence-electron chi connectivity index (χ3n) is 2.74. The summed E-state index contributed by atoms with van der Waals surface area (Å²) in [5.41, 5.74) is 1.06. The van der Waals surface area contributed by atoms with Gasteiger partial charge in [-0.1, -0.05) is 50.9 Å². The highest BCUT2D eigenvalue weighted by Crippen LogP contribution is 2.45. The van der Waals surface area contributed by atoms with Gasteiger partial charge in [0.15, 0.2) is 11.5 Å². The fraction of sp³-hybridized carbons (Fsp3) is 0.571. The third kappa shape index (κ3) is 3.24. The first-order valence-electron chi connectivity index (χ1n) is 6.16. The molecule has 2 N–H and O–H groups in total. The summed E-state index contributed by atoms with van der Waals surface area (Å²) < 4.78 is 0. The second kappa shape index (κ2) is 6.03. The van der Waals surface area contributed by atoms with Crippen molar-refractivity contribution in [3.63, 3.8) is 0 Å². The summed E-state index contributed by atoms with van der Waals surface area (Å²) in [6, 6.07) is 0. The third-order valence-corrected chi connectivity index (χ3v) is 3.67. The molecule has 0 saturated heterocycles. The van der Waals surface area contributed by atoms with Gasteiger partial charge >= 0.3 is 0 Å². The fourth-order valence-electron chi connectivity index (χ4n) is 1.95. The van der Waals surface area contributed by atoms with Crippen molar-refractivity contribution in [2.24, 2.45) is 11.8 Å². The zero-order valence-corrected chi connectivity index (χ0v) is 12.7. The summed E-state index contributed by atoms with van der Waals surface area (Å²) in [7, 11) is 0. The lowest BCUT2D eigenvalue weighted by Gasteiger charge is -2.17. The van der Waals surface area contributed by atoms with Crippen molar-refractivity contribution in [2.45, 2.75) is 40.5 Å². The van der Waals surface area contributed by atoms with E-state index in [1.54, 1.807) is 0 Å². The van der Waals surface area contributed by atoms with Crippen molar-refractivity contribution in [1.82, 2.24) is 0 Å². The summed E-state index contributed by atoms with van der Waals surface area (Å²) in [5.74, 6) is 0.377. The zero-order valence-electron chi connectivity index (χ0n) is 11.2. The maximum absolute atomic E-state index is 10.1. The Bertz CT molecular complexity index is 370. The molecule has 0 radical (unpaired) electrons. The fourth-order valence-corrected chi connectivity index (χ4v) is 2.51. The maximum Gasteiger partial charge on any atom is 0.162 e. The molecule has 0 bridgehead atoms. The highest BCUT2D eigenvalue weighted by Gasteiger charge is 2.22. The molecule has 0 aliphatic rings. The number of phenolic OH excluding ortho intramolecular Hbond substituents is 2. The van der Waals surface area contributed by atoms with Crippen molar-refractivity contribution in [2.75, 3.05) is 0 Å². The highest BCUT2D eigenvalue weighted by molar-refractivity contribution is 6.43. The Balaban J connectivity index is 3.35. The van der Waals surface area contributed by atoms with Gasteiger partial charge in [0.05, 0.1) is 10.0 Å². The van der Waals surface area contributed by atoms with E-state index in [0.717, 1.165) is 0 Å². The Morgan fingerprint density at radius 1 is 0.778 bits per heavy atom. The van der Waals surface area contributed by atoms with Gasteiger partial charge in [-0.15, -0.1) is 0 Å². The zero-order chi connectivity index (χ0) is 14.0. The number of phenols is 2. The number of halogens is 2. The lowest BCUT2D eigenvalue weighted by molar-refractivity contribution is 0.390. The van der Waals surface area contributed by atoms with E-state index in [0.29, 0.717) is 45.8 Å². The lowest BCUT2D eigenvalue weighted by atomic mass is 9.96. The molecule has 4 heteroatoms. The van der Waals surface area contributed by atoms with Gasteiger partial charge in [0.25, 0.3) is 0 Å². The first kappa shape index (κ1) is 15.5. The number of hydrogen-bond acceptors (Lipinski definition) is 2. The van der Waals surface area contributed by atoms with Crippen LogP contribution >= 0.6 is 23.2 Å². The molecule has 0 fully saturated rings. The average molecular weight is 291 g/mol. The second-order valence-corrected chi connectivity index (χ2v) is 6.23. The van der Waals surface area contributed by atoms with Gasteiger partial charge in [-0.2, -0.15) is 0 Å². The van der Waals surface area contributed by atoms with E-state index in [1.165, 1.54) is 0 Å². The van der Waals surface area contributed by atoms with Crippen LogP contribution in [0.3, 0.4) is 0 Å². The molecule has 102 valence electrons. The van der Waals surface area contributed by atoms with Gasteiger partial charge in [-0.05, 0) is 24.7 Å². The summed E-state index contributed by atoms with van der Waals surface area (Å²) in [6.07, 6.45) is 1.17. The Kier molecular flexibility index (Phi) is 5.18. The van der Waals surface area contributed by atoms with E-state index in [1.807, 2.05) is 27.7 Å². The topological polar surface area (TPSA) is 40.5 Å². The van der Waals surface area contributed by atoms with E-state index < -0.39 is 0 Å². The molecule has 1 aromatic rings. The molecule has 0 saturated carbocycles. The SMILES string of the molecule is CC(C)Cc1c(O)c(O)c(CC(C)C)c(Cl)c1Cl. The van der Waals surface area contributed by atoms with Gasteiger partial charge in [-0.3, -0.25) is 0 Å². The number of hydrogen-bond donors (Lipinski definition) is 2. The van der Waals surface area contributed by atoms with Crippen LogP contribution in [0.15, 0.2) is 0 Å². The van der Waals surface area contributed by atoms with E-state index in [4.69, 9.17) is 23.2 Å². The van der Waals surface area contributed by atoms with E-state index in [-0.39, 0.29) is 11.5 Å². The van der Waals surface area contributed by atoms with Crippen LogP contribution < -0.4 is 0 Å². The van der Waals surface area contributed by atoms with Gasteiger partial charge in [0.1, 0.15) is 0 Å². The molecule has 18 heavy (non-hydrogen) atoms. The van der Waals surface area contributed by atoms with Crippen molar-refractivity contribution in [3.05, 3.63) is 21.2 Å². The van der Waals surface area contributed by atoms with E-state index in [2.05, 4.69) is 0 Å². The minimum absolute atomic E-state index is 0.131. The molecule has 0 aliphatic carbocycles. The smallest absolute Gasteiger partial charge is 0.162 e. The van der Waals surface area contributed by atoms with Crippen LogP contribution in [0, 0.1) is 11.8 Å². The summed E-state index contributed by atoms with van der Waals surface area (Å²) >= 11 is 12.4. The van der Waals surface area contributed by atoms with Gasteiger partial charge in [-0.25, -0.2) is 0 Å². The Morgan fingerprint density at radius 2 is 1.06 bits per heavy atom. The molecule has 0 heterocycles. The molecule has 0 aliphatic heterocycles. The minimum Gasteiger partial charge on any atom is -0.504 e. The van der Waals surface area contributed by atoms with Crippen molar-refractivity contribution < 1.29 is 10.2 Å². The van der Waals surface area contributed by atoms with Crippen LogP contribution in [0.1, 0.15) is 38.8 Å². The molecule has 2 nitrogen and oxygen atoms in total. The van der Waals surface area contributed by atoms with Gasteiger partial charge in [0, 0.05) is 11.1 Å². The normalized spacial score (nSPS) is 11.6. The Morgan fingerprint density at radius 3 is 1.28 bits per heavy atom. The first-order valence-corrected chi connectivity index (χ1v) is 6.91. The van der Waals surface area contributed by atoms with E-state index >= 15 is 0 Å². The van der Waals surface area contributed by atoms with Crippen LogP contribution in [-0.2, 0) is 12.8 Å². The molecule has 0 unspecified atom stereocenters. The average Bonchev–Trinajstić information content (AvgIpc) is 2.27. The highest BCUT2D eigenvalue weighted by atomic mass is 35.5. The molecule has 1 rings (SSSR count). The van der Waals surface area contributed by atoms with Crippen LogP contribution in [-0.4, -0.2) is 10.2 Å². The number of rotatable bonds is 4. The predicted octanol–water partition coefficient (Wildman–Crippen LogP) is 4.80. The van der Waals surface area contributed by atoms with Crippen molar-refractivity contribution in [1.29, 1.82) is 0 Å². The molecule has 0 atom stereocenters. The molecular weight excluding hydrogens is 271 g/mol. The largest absolute Gasteiger partial charge is 0.504 e.